The molecule has 4 nitrogen and oxygen atoms in total. The van der Waals surface area contributed by atoms with Crippen LogP contribution < -0.4 is 10.6 Å². The SMILES string of the molecule is CC.Cc1cncc(CNC(=O)NCc2ccccc2)c1. The zero-order chi connectivity index (χ0) is 15.5. The molecule has 0 bridgehead atoms. The van der Waals surface area contributed by atoms with E-state index in [9.17, 15) is 4.79 Å². The predicted molar refractivity (Wildman–Crippen MR) is 85.8 cm³/mol. The number of carbonyl (C=O) groups is 1. The molecule has 21 heavy (non-hydrogen) atoms. The van der Waals surface area contributed by atoms with Crippen molar-refractivity contribution in [3.63, 3.8) is 0 Å². The van der Waals surface area contributed by atoms with Gasteiger partial charge in [0.2, 0.25) is 0 Å². The maximum atomic E-state index is 11.6. The van der Waals surface area contributed by atoms with Crippen LogP contribution in [0.15, 0.2) is 48.8 Å². The highest BCUT2D eigenvalue weighted by molar-refractivity contribution is 5.73. The van der Waals surface area contributed by atoms with Gasteiger partial charge in [-0.15, -0.1) is 0 Å². The van der Waals surface area contributed by atoms with Crippen molar-refractivity contribution in [1.29, 1.82) is 0 Å². The molecule has 4 heteroatoms. The van der Waals surface area contributed by atoms with E-state index in [1.807, 2.05) is 57.2 Å². The fourth-order valence-corrected chi connectivity index (χ4v) is 1.74. The second-order valence-corrected chi connectivity index (χ2v) is 4.39. The van der Waals surface area contributed by atoms with Crippen molar-refractivity contribution in [2.45, 2.75) is 33.9 Å². The average molecular weight is 285 g/mol. The lowest BCUT2D eigenvalue weighted by Crippen LogP contribution is -2.34. The van der Waals surface area contributed by atoms with E-state index >= 15 is 0 Å². The summed E-state index contributed by atoms with van der Waals surface area (Å²) in [7, 11) is 0. The van der Waals surface area contributed by atoms with E-state index in [2.05, 4.69) is 15.6 Å². The summed E-state index contributed by atoms with van der Waals surface area (Å²) in [5.41, 5.74) is 3.16. The number of nitrogens with one attached hydrogen (secondary N) is 2. The summed E-state index contributed by atoms with van der Waals surface area (Å²) in [6.07, 6.45) is 3.55. The van der Waals surface area contributed by atoms with Crippen LogP contribution in [-0.4, -0.2) is 11.0 Å². The van der Waals surface area contributed by atoms with Gasteiger partial charge < -0.3 is 10.6 Å². The Balaban J connectivity index is 0.00000106. The second-order valence-electron chi connectivity index (χ2n) is 4.39. The normalized spacial score (nSPS) is 9.29. The zero-order valence-corrected chi connectivity index (χ0v) is 12.9. The molecule has 0 fully saturated rings. The number of hydrogen-bond donors (Lipinski definition) is 2. The van der Waals surface area contributed by atoms with Gasteiger partial charge in [-0.2, -0.15) is 0 Å². The molecule has 1 aromatic carbocycles. The Morgan fingerprint density at radius 2 is 1.62 bits per heavy atom. The molecule has 0 atom stereocenters. The summed E-state index contributed by atoms with van der Waals surface area (Å²) in [5, 5.41) is 5.62. The third kappa shape index (κ3) is 6.56. The molecule has 1 aromatic heterocycles. The molecule has 0 radical (unpaired) electrons. The van der Waals surface area contributed by atoms with Gasteiger partial charge in [0.15, 0.2) is 0 Å². The monoisotopic (exact) mass is 285 g/mol. The van der Waals surface area contributed by atoms with Crippen molar-refractivity contribution in [3.8, 4) is 0 Å². The Labute approximate surface area is 126 Å². The number of benzene rings is 1. The van der Waals surface area contributed by atoms with Crippen LogP contribution in [0.25, 0.3) is 0 Å². The minimum Gasteiger partial charge on any atom is -0.334 e. The molecule has 2 aromatic rings. The first kappa shape index (κ1) is 16.7. The number of hydrogen-bond acceptors (Lipinski definition) is 2. The third-order valence-electron chi connectivity index (χ3n) is 2.68. The lowest BCUT2D eigenvalue weighted by atomic mass is 10.2. The molecule has 0 aliphatic rings. The van der Waals surface area contributed by atoms with Gasteiger partial charge >= 0.3 is 6.03 Å². The molecule has 2 rings (SSSR count). The number of amides is 2. The summed E-state index contributed by atoms with van der Waals surface area (Å²) in [5.74, 6) is 0. The van der Waals surface area contributed by atoms with Gasteiger partial charge in [-0.1, -0.05) is 50.2 Å². The van der Waals surface area contributed by atoms with E-state index in [1.165, 1.54) is 0 Å². The summed E-state index contributed by atoms with van der Waals surface area (Å²) >= 11 is 0. The third-order valence-corrected chi connectivity index (χ3v) is 2.68. The molecule has 0 aliphatic carbocycles. The second kappa shape index (κ2) is 9.53. The number of urea groups is 1. The van der Waals surface area contributed by atoms with Crippen LogP contribution in [0.5, 0.6) is 0 Å². The van der Waals surface area contributed by atoms with Crippen LogP contribution in [-0.2, 0) is 13.1 Å². The van der Waals surface area contributed by atoms with Crippen LogP contribution in [0.4, 0.5) is 4.79 Å². The van der Waals surface area contributed by atoms with Crippen LogP contribution in [0.2, 0.25) is 0 Å². The lowest BCUT2D eigenvalue weighted by Gasteiger charge is -2.08. The van der Waals surface area contributed by atoms with E-state index in [-0.39, 0.29) is 6.03 Å². The fraction of sp³-hybridized carbons (Fsp3) is 0.294. The Hall–Kier alpha value is -2.36. The molecule has 2 N–H and O–H groups in total. The minimum absolute atomic E-state index is 0.176. The summed E-state index contributed by atoms with van der Waals surface area (Å²) in [4.78, 5) is 15.7. The summed E-state index contributed by atoms with van der Waals surface area (Å²) in [6, 6.07) is 11.6. The highest BCUT2D eigenvalue weighted by atomic mass is 16.2. The predicted octanol–water partition coefficient (Wildman–Crippen LogP) is 3.42. The largest absolute Gasteiger partial charge is 0.334 e. The maximum absolute atomic E-state index is 11.6. The smallest absolute Gasteiger partial charge is 0.315 e. The Kier molecular flexibility index (Phi) is 7.58. The Morgan fingerprint density at radius 1 is 1.00 bits per heavy atom. The van der Waals surface area contributed by atoms with Crippen molar-refractivity contribution in [1.82, 2.24) is 15.6 Å². The molecular weight excluding hydrogens is 262 g/mol. The molecule has 0 aliphatic heterocycles. The van der Waals surface area contributed by atoms with Crippen LogP contribution in [0.1, 0.15) is 30.5 Å². The first-order valence-electron chi connectivity index (χ1n) is 7.20. The van der Waals surface area contributed by atoms with E-state index < -0.39 is 0 Å². The quantitative estimate of drug-likeness (QED) is 0.904. The highest BCUT2D eigenvalue weighted by Gasteiger charge is 2.00. The first-order valence-corrected chi connectivity index (χ1v) is 7.20. The number of nitrogens with zero attached hydrogens (tertiary/aromatic N) is 1. The van der Waals surface area contributed by atoms with Crippen molar-refractivity contribution in [3.05, 3.63) is 65.5 Å². The average Bonchev–Trinajstić information content (AvgIpc) is 2.54. The molecule has 0 unspecified atom stereocenters. The molecule has 112 valence electrons. The Bertz CT molecular complexity index is 541. The molecule has 1 heterocycles. The molecule has 0 spiro atoms. The number of pyridine rings is 1. The topological polar surface area (TPSA) is 54.0 Å². The van der Waals surface area contributed by atoms with E-state index in [1.54, 1.807) is 12.4 Å². The van der Waals surface area contributed by atoms with Gasteiger partial charge in [-0.25, -0.2) is 4.79 Å². The maximum Gasteiger partial charge on any atom is 0.315 e. The molecule has 2 amide bonds. The van der Waals surface area contributed by atoms with Crippen molar-refractivity contribution >= 4 is 6.03 Å². The van der Waals surface area contributed by atoms with Gasteiger partial charge in [0.05, 0.1) is 0 Å². The number of carbonyl (C=O) groups excluding carboxylic acids is 1. The minimum atomic E-state index is -0.176. The van der Waals surface area contributed by atoms with E-state index in [0.29, 0.717) is 13.1 Å². The zero-order valence-electron chi connectivity index (χ0n) is 12.9. The Morgan fingerprint density at radius 3 is 2.24 bits per heavy atom. The van der Waals surface area contributed by atoms with Gasteiger partial charge in [0, 0.05) is 25.5 Å². The summed E-state index contributed by atoms with van der Waals surface area (Å²) in [6.45, 7) is 6.99. The lowest BCUT2D eigenvalue weighted by molar-refractivity contribution is 0.240. The van der Waals surface area contributed by atoms with Crippen molar-refractivity contribution in [2.75, 3.05) is 0 Å². The standard InChI is InChI=1S/C15H17N3O.C2H6/c1-12-7-14(9-16-8-12)11-18-15(19)17-10-13-5-3-2-4-6-13;1-2/h2-9H,10-11H2,1H3,(H2,17,18,19);1-2H3. The number of aryl methyl sites for hydroxylation is 1. The highest BCUT2D eigenvalue weighted by Crippen LogP contribution is 2.00. The fourth-order valence-electron chi connectivity index (χ4n) is 1.74. The van der Waals surface area contributed by atoms with E-state index in [4.69, 9.17) is 0 Å². The van der Waals surface area contributed by atoms with Crippen LogP contribution >= 0.6 is 0 Å². The molecule has 0 saturated carbocycles. The van der Waals surface area contributed by atoms with Gasteiger partial charge in [0.25, 0.3) is 0 Å². The van der Waals surface area contributed by atoms with Gasteiger partial charge in [-0.05, 0) is 23.6 Å². The molecule has 0 saturated heterocycles. The van der Waals surface area contributed by atoms with Gasteiger partial charge in [-0.3, -0.25) is 4.98 Å². The van der Waals surface area contributed by atoms with Crippen LogP contribution in [0.3, 0.4) is 0 Å². The van der Waals surface area contributed by atoms with Crippen LogP contribution in [0, 0.1) is 6.92 Å². The van der Waals surface area contributed by atoms with Crippen molar-refractivity contribution < 1.29 is 4.79 Å². The van der Waals surface area contributed by atoms with Gasteiger partial charge in [0.1, 0.15) is 0 Å². The molecular formula is C17H23N3O. The number of rotatable bonds is 4. The first-order chi connectivity index (χ1) is 10.2. The van der Waals surface area contributed by atoms with E-state index in [0.717, 1.165) is 16.7 Å². The summed E-state index contributed by atoms with van der Waals surface area (Å²) < 4.78 is 0. The van der Waals surface area contributed by atoms with Crippen molar-refractivity contribution in [2.24, 2.45) is 0 Å². The number of aromatic nitrogens is 1.